The highest BCUT2D eigenvalue weighted by Gasteiger charge is 2.30. The summed E-state index contributed by atoms with van der Waals surface area (Å²) < 4.78 is 0. The fourth-order valence-corrected chi connectivity index (χ4v) is 2.87. The van der Waals surface area contributed by atoms with Gasteiger partial charge in [0.2, 0.25) is 17.7 Å². The lowest BCUT2D eigenvalue weighted by Crippen LogP contribution is -2.58. The molecule has 0 saturated carbocycles. The minimum atomic E-state index is -1.49. The van der Waals surface area contributed by atoms with E-state index in [1.54, 1.807) is 0 Å². The van der Waals surface area contributed by atoms with E-state index >= 15 is 0 Å². The zero-order valence-corrected chi connectivity index (χ0v) is 18.9. The van der Waals surface area contributed by atoms with Crippen molar-refractivity contribution in [2.75, 3.05) is 12.4 Å². The predicted octanol–water partition coefficient (Wildman–Crippen LogP) is -2.41. The minimum absolute atomic E-state index is 0.0306. The van der Waals surface area contributed by atoms with Gasteiger partial charge in [0, 0.05) is 18.6 Å². The van der Waals surface area contributed by atoms with Gasteiger partial charge in [-0.05, 0) is 24.1 Å². The van der Waals surface area contributed by atoms with Gasteiger partial charge in [-0.25, -0.2) is 4.79 Å². The Kier molecular flexibility index (Phi) is 11.8. The molecule has 34 heavy (non-hydrogen) atoms. The first-order valence-corrected chi connectivity index (χ1v) is 10.7. The van der Waals surface area contributed by atoms with Crippen molar-refractivity contribution in [3.63, 3.8) is 0 Å². The number of hydrogen-bond acceptors (Lipinski definition) is 9. The van der Waals surface area contributed by atoms with Crippen molar-refractivity contribution < 1.29 is 44.4 Å². The largest absolute Gasteiger partial charge is 0.508 e. The molecule has 1 aromatic carbocycles. The molecule has 0 aliphatic rings. The van der Waals surface area contributed by atoms with Crippen LogP contribution in [0.1, 0.15) is 18.4 Å². The number of phenols is 1. The molecular formula is C20H28N4O9S. The molecule has 0 aliphatic heterocycles. The van der Waals surface area contributed by atoms with Gasteiger partial charge in [0.05, 0.1) is 12.6 Å². The van der Waals surface area contributed by atoms with Crippen LogP contribution in [0.3, 0.4) is 0 Å². The quantitative estimate of drug-likeness (QED) is 0.123. The first-order valence-electron chi connectivity index (χ1n) is 10.1. The third kappa shape index (κ3) is 9.64. The number of nitrogens with two attached hydrogens (primary N) is 1. The number of benzene rings is 1. The van der Waals surface area contributed by atoms with Crippen LogP contribution in [0.25, 0.3) is 0 Å². The van der Waals surface area contributed by atoms with E-state index in [-0.39, 0.29) is 24.3 Å². The smallest absolute Gasteiger partial charge is 0.326 e. The van der Waals surface area contributed by atoms with Crippen LogP contribution in [0, 0.1) is 0 Å². The number of carbonyl (C=O) groups is 5. The van der Waals surface area contributed by atoms with Crippen molar-refractivity contribution >= 4 is 42.3 Å². The van der Waals surface area contributed by atoms with Crippen LogP contribution >= 0.6 is 12.6 Å². The van der Waals surface area contributed by atoms with E-state index in [2.05, 4.69) is 28.6 Å². The van der Waals surface area contributed by atoms with E-state index in [1.807, 2.05) is 0 Å². The van der Waals surface area contributed by atoms with Gasteiger partial charge in [0.15, 0.2) is 0 Å². The fraction of sp³-hybridized carbons (Fsp3) is 0.450. The molecule has 0 aliphatic carbocycles. The highest BCUT2D eigenvalue weighted by atomic mass is 32.1. The van der Waals surface area contributed by atoms with E-state index in [4.69, 9.17) is 10.8 Å². The Labute approximate surface area is 200 Å². The number of phenolic OH excluding ortho intramolecular Hbond substituents is 1. The molecule has 1 rings (SSSR count). The summed E-state index contributed by atoms with van der Waals surface area (Å²) in [6.07, 6.45) is -1.08. The Hall–Kier alpha value is -3.36. The molecule has 0 bridgehead atoms. The van der Waals surface area contributed by atoms with Gasteiger partial charge in [-0.3, -0.25) is 19.2 Å². The van der Waals surface area contributed by atoms with Crippen LogP contribution in [0.5, 0.6) is 5.75 Å². The molecule has 0 saturated heterocycles. The summed E-state index contributed by atoms with van der Waals surface area (Å²) in [5.74, 6) is -5.47. The lowest BCUT2D eigenvalue weighted by atomic mass is 10.0. The van der Waals surface area contributed by atoms with Crippen molar-refractivity contribution in [2.45, 2.75) is 43.4 Å². The molecule has 4 unspecified atom stereocenters. The average molecular weight is 501 g/mol. The molecule has 9 N–H and O–H groups in total. The van der Waals surface area contributed by atoms with Crippen molar-refractivity contribution in [1.29, 1.82) is 0 Å². The number of aliphatic carboxylic acids is 2. The summed E-state index contributed by atoms with van der Waals surface area (Å²) in [7, 11) is 0. The molecule has 0 radical (unpaired) electrons. The Morgan fingerprint density at radius 2 is 1.41 bits per heavy atom. The zero-order chi connectivity index (χ0) is 25.8. The van der Waals surface area contributed by atoms with E-state index in [0.29, 0.717) is 5.56 Å². The normalized spacial score (nSPS) is 14.2. The van der Waals surface area contributed by atoms with Gasteiger partial charge in [-0.15, -0.1) is 0 Å². The highest BCUT2D eigenvalue weighted by Crippen LogP contribution is 2.12. The molecule has 14 heteroatoms. The van der Waals surface area contributed by atoms with Crippen molar-refractivity contribution in [3.8, 4) is 5.75 Å². The van der Waals surface area contributed by atoms with Gasteiger partial charge in [-0.1, -0.05) is 12.1 Å². The van der Waals surface area contributed by atoms with Crippen LogP contribution < -0.4 is 21.7 Å². The predicted molar refractivity (Wildman–Crippen MR) is 121 cm³/mol. The lowest BCUT2D eigenvalue weighted by Gasteiger charge is -2.24. The Morgan fingerprint density at radius 3 is 1.91 bits per heavy atom. The molecule has 3 amide bonds. The second-order valence-corrected chi connectivity index (χ2v) is 7.66. The van der Waals surface area contributed by atoms with E-state index in [0.717, 1.165) is 0 Å². The summed E-state index contributed by atoms with van der Waals surface area (Å²) in [6, 6.07) is 0.149. The van der Waals surface area contributed by atoms with Crippen molar-refractivity contribution in [2.24, 2.45) is 5.73 Å². The van der Waals surface area contributed by atoms with E-state index in [1.165, 1.54) is 24.3 Å². The number of thiol groups is 1. The SMILES string of the molecule is NC(CS)C(=O)NC(CO)C(=O)NC(CCC(=O)O)C(=O)NC(Cc1ccc(O)cc1)C(=O)O. The summed E-state index contributed by atoms with van der Waals surface area (Å²) in [6.45, 7) is -0.845. The second kappa shape index (κ2) is 14.0. The maximum absolute atomic E-state index is 12.7. The number of hydrogen-bond donors (Lipinski definition) is 9. The molecule has 13 nitrogen and oxygen atoms in total. The molecule has 0 aromatic heterocycles. The molecule has 1 aromatic rings. The number of amides is 3. The summed E-state index contributed by atoms with van der Waals surface area (Å²) >= 11 is 3.86. The number of aliphatic hydroxyl groups excluding tert-OH is 1. The molecule has 4 atom stereocenters. The number of nitrogens with one attached hydrogen (secondary N) is 3. The number of aromatic hydroxyl groups is 1. The lowest BCUT2D eigenvalue weighted by molar-refractivity contribution is -0.143. The van der Waals surface area contributed by atoms with Crippen LogP contribution in [0.2, 0.25) is 0 Å². The second-order valence-electron chi connectivity index (χ2n) is 7.30. The van der Waals surface area contributed by atoms with Crippen molar-refractivity contribution in [1.82, 2.24) is 16.0 Å². The maximum atomic E-state index is 12.7. The molecule has 0 fully saturated rings. The third-order valence-corrected chi connectivity index (χ3v) is 5.01. The Balaban J connectivity index is 2.95. The number of carboxylic acid groups (broad SMARTS) is 2. The fourth-order valence-electron chi connectivity index (χ4n) is 2.70. The summed E-state index contributed by atoms with van der Waals surface area (Å²) in [5.41, 5.74) is 5.99. The first-order chi connectivity index (χ1) is 16.0. The first kappa shape index (κ1) is 28.7. The van der Waals surface area contributed by atoms with E-state index < -0.39 is 66.9 Å². The topological polar surface area (TPSA) is 228 Å². The van der Waals surface area contributed by atoms with Gasteiger partial charge in [-0.2, -0.15) is 12.6 Å². The van der Waals surface area contributed by atoms with Gasteiger partial charge in [0.1, 0.15) is 23.9 Å². The minimum Gasteiger partial charge on any atom is -0.508 e. The third-order valence-electron chi connectivity index (χ3n) is 4.62. The Bertz CT molecular complexity index is 881. The van der Waals surface area contributed by atoms with Crippen LogP contribution in [0.15, 0.2) is 24.3 Å². The monoisotopic (exact) mass is 500 g/mol. The van der Waals surface area contributed by atoms with E-state index in [9.17, 15) is 39.3 Å². The Morgan fingerprint density at radius 1 is 0.882 bits per heavy atom. The number of aliphatic hydroxyl groups is 1. The molecule has 0 heterocycles. The molecular weight excluding hydrogens is 472 g/mol. The van der Waals surface area contributed by atoms with Crippen LogP contribution in [0.4, 0.5) is 0 Å². The number of carboxylic acids is 2. The van der Waals surface area contributed by atoms with Gasteiger partial charge in [0.25, 0.3) is 0 Å². The number of rotatable bonds is 14. The summed E-state index contributed by atoms with van der Waals surface area (Å²) in [5, 5.41) is 43.9. The average Bonchev–Trinajstić information content (AvgIpc) is 2.79. The van der Waals surface area contributed by atoms with Crippen LogP contribution in [-0.4, -0.2) is 86.6 Å². The summed E-state index contributed by atoms with van der Waals surface area (Å²) in [4.78, 5) is 59.7. The maximum Gasteiger partial charge on any atom is 0.326 e. The van der Waals surface area contributed by atoms with Crippen molar-refractivity contribution in [3.05, 3.63) is 29.8 Å². The molecule has 188 valence electrons. The van der Waals surface area contributed by atoms with Gasteiger partial charge >= 0.3 is 11.9 Å². The number of carbonyl (C=O) groups excluding carboxylic acids is 3. The van der Waals surface area contributed by atoms with Gasteiger partial charge < -0.3 is 42.1 Å². The van der Waals surface area contributed by atoms with Crippen LogP contribution in [-0.2, 0) is 30.4 Å². The standard InChI is InChI=1S/C20H28N4O9S/c21-12(9-34)17(29)24-15(8-25)19(31)22-13(5-6-16(27)28)18(30)23-14(20(32)33)7-10-1-3-11(26)4-2-10/h1-4,12-15,25-26,34H,5-9,21H2,(H,22,31)(H,23,30)(H,24,29)(H,27,28)(H,32,33). The highest BCUT2D eigenvalue weighted by molar-refractivity contribution is 7.80. The zero-order valence-electron chi connectivity index (χ0n) is 18.0. The molecule has 0 spiro atoms.